The molecule has 0 fully saturated rings. The van der Waals surface area contributed by atoms with Gasteiger partial charge in [-0.15, -0.1) is 11.3 Å². The van der Waals surface area contributed by atoms with E-state index in [1.165, 1.54) is 11.3 Å². The van der Waals surface area contributed by atoms with Gasteiger partial charge in [-0.3, -0.25) is 20.4 Å². The summed E-state index contributed by atoms with van der Waals surface area (Å²) < 4.78 is 5.62. The maximum absolute atomic E-state index is 11.8. The van der Waals surface area contributed by atoms with Gasteiger partial charge in [-0.1, -0.05) is 18.2 Å². The molecule has 0 aliphatic rings. The average Bonchev–Trinajstić information content (AvgIpc) is 2.97. The molecule has 0 spiro atoms. The van der Waals surface area contributed by atoms with E-state index in [0.717, 1.165) is 16.2 Å². The number of aryl methyl sites for hydroxylation is 2. The van der Waals surface area contributed by atoms with Crippen LogP contribution in [0.15, 0.2) is 36.4 Å². The third kappa shape index (κ3) is 5.41. The van der Waals surface area contributed by atoms with Gasteiger partial charge < -0.3 is 4.74 Å². The van der Waals surface area contributed by atoms with E-state index in [2.05, 4.69) is 10.9 Å². The van der Waals surface area contributed by atoms with Crippen molar-refractivity contribution in [1.82, 2.24) is 10.9 Å². The summed E-state index contributed by atoms with van der Waals surface area (Å²) in [7, 11) is 0. The second-order valence-electron chi connectivity index (χ2n) is 5.13. The lowest BCUT2D eigenvalue weighted by atomic mass is 10.2. The first-order chi connectivity index (χ1) is 11.1. The SMILES string of the molecule is Cc1ccc(C(=O)NNC(=O)CCCOc2ccccc2C)s1. The number of benzene rings is 1. The molecule has 122 valence electrons. The van der Waals surface area contributed by atoms with Gasteiger partial charge in [-0.05, 0) is 44.0 Å². The minimum absolute atomic E-state index is 0.236. The highest BCUT2D eigenvalue weighted by molar-refractivity contribution is 7.13. The van der Waals surface area contributed by atoms with Gasteiger partial charge in [0.1, 0.15) is 5.75 Å². The zero-order chi connectivity index (χ0) is 16.7. The van der Waals surface area contributed by atoms with E-state index in [0.29, 0.717) is 17.9 Å². The molecule has 1 aromatic heterocycles. The normalized spacial score (nSPS) is 10.2. The summed E-state index contributed by atoms with van der Waals surface area (Å²) in [5.41, 5.74) is 5.89. The molecule has 5 nitrogen and oxygen atoms in total. The van der Waals surface area contributed by atoms with Crippen LogP contribution in [0, 0.1) is 13.8 Å². The van der Waals surface area contributed by atoms with Crippen LogP contribution < -0.4 is 15.6 Å². The average molecular weight is 332 g/mol. The molecule has 0 bridgehead atoms. The fourth-order valence-electron chi connectivity index (χ4n) is 1.94. The Morgan fingerprint density at radius 2 is 1.87 bits per heavy atom. The summed E-state index contributed by atoms with van der Waals surface area (Å²) in [5, 5.41) is 0. The van der Waals surface area contributed by atoms with Gasteiger partial charge in [0.25, 0.3) is 5.91 Å². The van der Waals surface area contributed by atoms with Gasteiger partial charge in [0, 0.05) is 11.3 Å². The molecule has 0 saturated carbocycles. The number of nitrogens with one attached hydrogen (secondary N) is 2. The molecule has 2 aromatic rings. The Labute approximate surface area is 139 Å². The predicted molar refractivity (Wildman–Crippen MR) is 90.6 cm³/mol. The summed E-state index contributed by atoms with van der Waals surface area (Å²) in [4.78, 5) is 25.1. The number of para-hydroxylation sites is 1. The summed E-state index contributed by atoms with van der Waals surface area (Å²) in [6, 6.07) is 11.3. The van der Waals surface area contributed by atoms with Gasteiger partial charge >= 0.3 is 0 Å². The number of hydrazine groups is 1. The van der Waals surface area contributed by atoms with Crippen LogP contribution in [0.25, 0.3) is 0 Å². The Bertz CT molecular complexity index is 682. The largest absolute Gasteiger partial charge is 0.493 e. The minimum Gasteiger partial charge on any atom is -0.493 e. The first-order valence-corrected chi connectivity index (χ1v) is 8.22. The van der Waals surface area contributed by atoms with E-state index in [1.54, 1.807) is 6.07 Å². The molecule has 0 radical (unpaired) electrons. The van der Waals surface area contributed by atoms with Crippen LogP contribution in [-0.4, -0.2) is 18.4 Å². The topological polar surface area (TPSA) is 67.4 Å². The van der Waals surface area contributed by atoms with Crippen LogP contribution in [0.5, 0.6) is 5.75 Å². The number of carbonyl (C=O) groups is 2. The molecule has 6 heteroatoms. The number of carbonyl (C=O) groups excluding carboxylic acids is 2. The fraction of sp³-hybridized carbons (Fsp3) is 0.294. The van der Waals surface area contributed by atoms with Crippen LogP contribution in [0.2, 0.25) is 0 Å². The van der Waals surface area contributed by atoms with Crippen molar-refractivity contribution in [3.8, 4) is 5.75 Å². The van der Waals surface area contributed by atoms with E-state index in [1.807, 2.05) is 44.2 Å². The molecule has 2 amide bonds. The molecule has 2 N–H and O–H groups in total. The minimum atomic E-state index is -0.299. The van der Waals surface area contributed by atoms with Gasteiger partial charge in [-0.2, -0.15) is 0 Å². The van der Waals surface area contributed by atoms with Gasteiger partial charge in [0.2, 0.25) is 5.91 Å². The zero-order valence-corrected chi connectivity index (χ0v) is 14.0. The summed E-state index contributed by atoms with van der Waals surface area (Å²) >= 11 is 1.38. The second kappa shape index (κ2) is 8.33. The van der Waals surface area contributed by atoms with Gasteiger partial charge in [0.05, 0.1) is 11.5 Å². The monoisotopic (exact) mass is 332 g/mol. The lowest BCUT2D eigenvalue weighted by Gasteiger charge is -2.09. The summed E-state index contributed by atoms with van der Waals surface area (Å²) in [6.45, 7) is 4.36. The first kappa shape index (κ1) is 17.0. The van der Waals surface area contributed by atoms with Crippen LogP contribution in [0.4, 0.5) is 0 Å². The molecule has 1 heterocycles. The highest BCUT2D eigenvalue weighted by atomic mass is 32.1. The molecule has 0 saturated heterocycles. The standard InChI is InChI=1S/C17H20N2O3S/c1-12-6-3-4-7-14(12)22-11-5-8-16(20)18-19-17(21)15-10-9-13(2)23-15/h3-4,6-7,9-10H,5,8,11H2,1-2H3,(H,18,20)(H,19,21). The maximum Gasteiger partial charge on any atom is 0.279 e. The van der Waals surface area contributed by atoms with Crippen molar-refractivity contribution in [1.29, 1.82) is 0 Å². The molecule has 0 aliphatic carbocycles. The third-order valence-corrected chi connectivity index (χ3v) is 4.18. The van der Waals surface area contributed by atoms with Crippen LogP contribution >= 0.6 is 11.3 Å². The Kier molecular flexibility index (Phi) is 6.17. The summed E-state index contributed by atoms with van der Waals surface area (Å²) in [5.74, 6) is 0.293. The number of thiophene rings is 1. The van der Waals surface area contributed by atoms with Crippen molar-refractivity contribution < 1.29 is 14.3 Å². The quantitative estimate of drug-likeness (QED) is 0.631. The molecule has 23 heavy (non-hydrogen) atoms. The number of hydrogen-bond donors (Lipinski definition) is 2. The van der Waals surface area contributed by atoms with E-state index in [4.69, 9.17) is 4.74 Å². The molecule has 0 aliphatic heterocycles. The highest BCUT2D eigenvalue weighted by Gasteiger charge is 2.09. The van der Waals surface area contributed by atoms with Crippen molar-refractivity contribution >= 4 is 23.2 Å². The lowest BCUT2D eigenvalue weighted by molar-refractivity contribution is -0.122. The smallest absolute Gasteiger partial charge is 0.279 e. The molecular weight excluding hydrogens is 312 g/mol. The second-order valence-corrected chi connectivity index (χ2v) is 6.42. The third-order valence-electron chi connectivity index (χ3n) is 3.18. The molecule has 2 rings (SSSR count). The van der Waals surface area contributed by atoms with Crippen molar-refractivity contribution in [2.24, 2.45) is 0 Å². The van der Waals surface area contributed by atoms with Crippen molar-refractivity contribution in [3.63, 3.8) is 0 Å². The Hall–Kier alpha value is -2.34. The Morgan fingerprint density at radius 3 is 2.57 bits per heavy atom. The Balaban J connectivity index is 1.64. The first-order valence-electron chi connectivity index (χ1n) is 7.40. The number of rotatable bonds is 6. The molecule has 0 atom stereocenters. The number of hydrogen-bond acceptors (Lipinski definition) is 4. The van der Waals surface area contributed by atoms with E-state index in [9.17, 15) is 9.59 Å². The molecular formula is C17H20N2O3S. The molecule has 1 aromatic carbocycles. The van der Waals surface area contributed by atoms with E-state index < -0.39 is 0 Å². The Morgan fingerprint density at radius 1 is 1.09 bits per heavy atom. The van der Waals surface area contributed by atoms with Crippen molar-refractivity contribution in [2.75, 3.05) is 6.61 Å². The lowest BCUT2D eigenvalue weighted by Crippen LogP contribution is -2.41. The summed E-state index contributed by atoms with van der Waals surface area (Å²) in [6.07, 6.45) is 0.865. The maximum atomic E-state index is 11.8. The van der Waals surface area contributed by atoms with E-state index >= 15 is 0 Å². The van der Waals surface area contributed by atoms with Crippen LogP contribution in [0.1, 0.15) is 33.0 Å². The fourth-order valence-corrected chi connectivity index (χ4v) is 2.70. The highest BCUT2D eigenvalue weighted by Crippen LogP contribution is 2.16. The van der Waals surface area contributed by atoms with Crippen molar-refractivity contribution in [2.45, 2.75) is 26.7 Å². The van der Waals surface area contributed by atoms with Crippen molar-refractivity contribution in [3.05, 3.63) is 51.7 Å². The van der Waals surface area contributed by atoms with Gasteiger partial charge in [0.15, 0.2) is 0 Å². The van der Waals surface area contributed by atoms with Crippen LogP contribution in [0.3, 0.4) is 0 Å². The van der Waals surface area contributed by atoms with Gasteiger partial charge in [-0.25, -0.2) is 0 Å². The molecule has 0 unspecified atom stereocenters. The predicted octanol–water partition coefficient (Wildman–Crippen LogP) is 2.99. The zero-order valence-electron chi connectivity index (χ0n) is 13.2. The van der Waals surface area contributed by atoms with E-state index in [-0.39, 0.29) is 18.2 Å². The van der Waals surface area contributed by atoms with Crippen LogP contribution in [-0.2, 0) is 4.79 Å². The number of ether oxygens (including phenoxy) is 1. The number of amides is 2.